The minimum Gasteiger partial charge on any atom is -0.337 e. The molecule has 2 rings (SSSR count). The van der Waals surface area contributed by atoms with Gasteiger partial charge in [0.1, 0.15) is 5.82 Å². The highest BCUT2D eigenvalue weighted by Crippen LogP contribution is 2.24. The van der Waals surface area contributed by atoms with E-state index in [2.05, 4.69) is 10.3 Å². The average molecular weight is 337 g/mol. The van der Waals surface area contributed by atoms with Crippen LogP contribution >= 0.6 is 12.4 Å². The summed E-state index contributed by atoms with van der Waals surface area (Å²) in [6.07, 6.45) is 4.59. The largest absolute Gasteiger partial charge is 0.337 e. The van der Waals surface area contributed by atoms with Crippen molar-refractivity contribution in [1.82, 2.24) is 19.2 Å². The van der Waals surface area contributed by atoms with Crippen molar-refractivity contribution in [1.29, 1.82) is 0 Å². The van der Waals surface area contributed by atoms with Crippen LogP contribution in [0.1, 0.15) is 25.1 Å². The lowest BCUT2D eigenvalue weighted by atomic mass is 9.95. The normalized spacial score (nSPS) is 17.7. The van der Waals surface area contributed by atoms with Crippen molar-refractivity contribution in [2.24, 2.45) is 13.0 Å². The molecule has 1 aliphatic rings. The van der Waals surface area contributed by atoms with Gasteiger partial charge in [-0.15, -0.1) is 12.4 Å². The topological polar surface area (TPSA) is 67.2 Å². The van der Waals surface area contributed by atoms with Crippen LogP contribution in [-0.4, -0.2) is 49.0 Å². The zero-order valence-corrected chi connectivity index (χ0v) is 14.5. The van der Waals surface area contributed by atoms with Crippen LogP contribution in [0, 0.1) is 12.8 Å². The second-order valence-electron chi connectivity index (χ2n) is 5.48. The quantitative estimate of drug-likeness (QED) is 0.876. The number of imidazole rings is 1. The molecular weight excluding hydrogens is 312 g/mol. The maximum Gasteiger partial charge on any atom is 0.262 e. The molecule has 1 fully saturated rings. The van der Waals surface area contributed by atoms with Crippen molar-refractivity contribution in [3.05, 3.63) is 12.0 Å². The molecule has 0 spiro atoms. The Labute approximate surface area is 133 Å². The van der Waals surface area contributed by atoms with E-state index in [4.69, 9.17) is 0 Å². The first-order chi connectivity index (χ1) is 9.45. The standard InChI is InChI=1S/C13H24N4O2S.ClH/c1-11-15-13(10-16(11)3)20(18,19)17-8-5-12(6-9-17)4-7-14-2;/h10,12,14H,4-9H2,1-3H3;1H. The van der Waals surface area contributed by atoms with Crippen LogP contribution in [0.2, 0.25) is 0 Å². The number of aromatic nitrogens is 2. The summed E-state index contributed by atoms with van der Waals surface area (Å²) >= 11 is 0. The fraction of sp³-hybridized carbons (Fsp3) is 0.769. The number of hydrogen-bond acceptors (Lipinski definition) is 4. The van der Waals surface area contributed by atoms with Gasteiger partial charge in [-0.1, -0.05) is 0 Å². The Morgan fingerprint density at radius 2 is 2.00 bits per heavy atom. The number of hydrogen-bond donors (Lipinski definition) is 1. The summed E-state index contributed by atoms with van der Waals surface area (Å²) < 4.78 is 28.3. The zero-order valence-electron chi connectivity index (χ0n) is 12.9. The third-order valence-electron chi connectivity index (χ3n) is 4.07. The lowest BCUT2D eigenvalue weighted by molar-refractivity contribution is 0.262. The summed E-state index contributed by atoms with van der Waals surface area (Å²) in [5, 5.41) is 3.32. The highest BCUT2D eigenvalue weighted by atomic mass is 35.5. The average Bonchev–Trinajstić information content (AvgIpc) is 2.77. The minimum atomic E-state index is -3.42. The van der Waals surface area contributed by atoms with Crippen molar-refractivity contribution >= 4 is 22.4 Å². The molecule has 1 aliphatic heterocycles. The van der Waals surface area contributed by atoms with Gasteiger partial charge in [0.2, 0.25) is 0 Å². The van der Waals surface area contributed by atoms with E-state index in [0.29, 0.717) is 24.8 Å². The molecule has 0 radical (unpaired) electrons. The van der Waals surface area contributed by atoms with E-state index in [1.54, 1.807) is 15.1 Å². The minimum absolute atomic E-state index is 0. The molecule has 0 saturated carbocycles. The van der Waals surface area contributed by atoms with E-state index >= 15 is 0 Å². The summed E-state index contributed by atoms with van der Waals surface area (Å²) in [5.41, 5.74) is 0. The van der Waals surface area contributed by atoms with E-state index < -0.39 is 10.0 Å². The Morgan fingerprint density at radius 3 is 2.48 bits per heavy atom. The van der Waals surface area contributed by atoms with Crippen LogP contribution < -0.4 is 5.32 Å². The van der Waals surface area contributed by atoms with Gasteiger partial charge in [-0.25, -0.2) is 13.4 Å². The number of aryl methyl sites for hydroxylation is 2. The predicted molar refractivity (Wildman–Crippen MR) is 85.2 cm³/mol. The van der Waals surface area contributed by atoms with E-state index in [9.17, 15) is 8.42 Å². The van der Waals surface area contributed by atoms with E-state index in [-0.39, 0.29) is 17.4 Å². The molecule has 0 aliphatic carbocycles. The highest BCUT2D eigenvalue weighted by molar-refractivity contribution is 7.89. The van der Waals surface area contributed by atoms with Crippen molar-refractivity contribution < 1.29 is 8.42 Å². The van der Waals surface area contributed by atoms with Crippen LogP contribution in [0.5, 0.6) is 0 Å². The summed E-state index contributed by atoms with van der Waals surface area (Å²) in [7, 11) is 0.336. The van der Waals surface area contributed by atoms with Crippen molar-refractivity contribution in [2.45, 2.75) is 31.2 Å². The van der Waals surface area contributed by atoms with Gasteiger partial charge in [-0.05, 0) is 45.7 Å². The molecule has 1 aromatic rings. The molecular formula is C13H25ClN4O2S. The van der Waals surface area contributed by atoms with Crippen LogP contribution in [0.3, 0.4) is 0 Å². The Morgan fingerprint density at radius 1 is 1.38 bits per heavy atom. The lowest BCUT2D eigenvalue weighted by Crippen LogP contribution is -2.39. The summed E-state index contributed by atoms with van der Waals surface area (Å²) in [6.45, 7) is 4.01. The molecule has 1 saturated heterocycles. The maximum absolute atomic E-state index is 12.5. The molecule has 1 N–H and O–H groups in total. The summed E-state index contributed by atoms with van der Waals surface area (Å²) in [5.74, 6) is 1.34. The fourth-order valence-electron chi connectivity index (χ4n) is 2.57. The van der Waals surface area contributed by atoms with Gasteiger partial charge >= 0.3 is 0 Å². The number of halogens is 1. The van der Waals surface area contributed by atoms with Gasteiger partial charge in [0.25, 0.3) is 10.0 Å². The molecule has 122 valence electrons. The Balaban J connectivity index is 0.00000220. The van der Waals surface area contributed by atoms with Gasteiger partial charge in [-0.2, -0.15) is 4.31 Å². The van der Waals surface area contributed by atoms with Gasteiger partial charge in [0.15, 0.2) is 5.03 Å². The third-order valence-corrected chi connectivity index (χ3v) is 5.84. The number of sulfonamides is 1. The molecule has 21 heavy (non-hydrogen) atoms. The van der Waals surface area contributed by atoms with Crippen LogP contribution in [0.15, 0.2) is 11.2 Å². The molecule has 0 amide bonds. The van der Waals surface area contributed by atoms with Crippen molar-refractivity contribution in [3.8, 4) is 0 Å². The maximum atomic E-state index is 12.5. The van der Waals surface area contributed by atoms with Gasteiger partial charge in [-0.3, -0.25) is 0 Å². The summed E-state index contributed by atoms with van der Waals surface area (Å²) in [4.78, 5) is 4.15. The smallest absolute Gasteiger partial charge is 0.262 e. The first-order valence-electron chi connectivity index (χ1n) is 7.10. The van der Waals surface area contributed by atoms with Crippen molar-refractivity contribution in [3.63, 3.8) is 0 Å². The Bertz CT molecular complexity index is 531. The molecule has 0 aromatic carbocycles. The Kier molecular flexibility index (Phi) is 6.65. The van der Waals surface area contributed by atoms with Gasteiger partial charge in [0, 0.05) is 26.3 Å². The van der Waals surface area contributed by atoms with Crippen LogP contribution in [0.4, 0.5) is 0 Å². The zero-order chi connectivity index (χ0) is 14.8. The second-order valence-corrected chi connectivity index (χ2v) is 7.36. The first kappa shape index (κ1) is 18.4. The number of piperidine rings is 1. The fourth-order valence-corrected chi connectivity index (χ4v) is 4.06. The number of nitrogens with zero attached hydrogens (tertiary/aromatic N) is 3. The molecule has 0 bridgehead atoms. The van der Waals surface area contributed by atoms with Crippen molar-refractivity contribution in [2.75, 3.05) is 26.7 Å². The van der Waals surface area contributed by atoms with Gasteiger partial charge in [0.05, 0.1) is 0 Å². The van der Waals surface area contributed by atoms with Gasteiger partial charge < -0.3 is 9.88 Å². The number of rotatable bonds is 5. The summed E-state index contributed by atoms with van der Waals surface area (Å²) in [6, 6.07) is 0. The van der Waals surface area contributed by atoms with E-state index in [1.165, 1.54) is 0 Å². The van der Waals surface area contributed by atoms with Crippen LogP contribution in [-0.2, 0) is 17.1 Å². The number of nitrogens with one attached hydrogen (secondary N) is 1. The molecule has 2 heterocycles. The third kappa shape index (κ3) is 4.18. The SMILES string of the molecule is CNCCC1CCN(S(=O)(=O)c2cn(C)c(C)n2)CC1.Cl. The molecule has 0 atom stereocenters. The molecule has 6 nitrogen and oxygen atoms in total. The lowest BCUT2D eigenvalue weighted by Gasteiger charge is -2.30. The molecule has 1 aromatic heterocycles. The molecule has 0 unspecified atom stereocenters. The van der Waals surface area contributed by atoms with E-state index in [1.807, 2.05) is 21.0 Å². The second kappa shape index (κ2) is 7.58. The first-order valence-corrected chi connectivity index (χ1v) is 8.54. The van der Waals surface area contributed by atoms with E-state index in [0.717, 1.165) is 25.8 Å². The molecule has 8 heteroatoms. The predicted octanol–water partition coefficient (Wildman–Crippen LogP) is 1.16. The monoisotopic (exact) mass is 336 g/mol. The Hall–Kier alpha value is -0.630. The van der Waals surface area contributed by atoms with Crippen LogP contribution in [0.25, 0.3) is 0 Å². The highest BCUT2D eigenvalue weighted by Gasteiger charge is 2.31.